The number of allylic oxidation sites excluding steroid dienone is 1. The summed E-state index contributed by atoms with van der Waals surface area (Å²) < 4.78 is 1.43. The van der Waals surface area contributed by atoms with Crippen LogP contribution in [0, 0.1) is 13.8 Å². The maximum Gasteiger partial charge on any atom is 0.0380 e. The Kier molecular flexibility index (Phi) is 2.66. The van der Waals surface area contributed by atoms with Gasteiger partial charge in [-0.05, 0) is 38.8 Å². The molecule has 0 amide bonds. The molecule has 78 valence electrons. The van der Waals surface area contributed by atoms with Crippen molar-refractivity contribution in [3.05, 3.63) is 39.8 Å². The fraction of sp³-hybridized carbons (Fsp3) is 0.286. The quantitative estimate of drug-likeness (QED) is 0.633. The normalized spacial score (nSPS) is 10.7. The molecule has 0 unspecified atom stereocenters. The van der Waals surface area contributed by atoms with Crippen LogP contribution in [0.1, 0.15) is 29.9 Å². The molecule has 15 heavy (non-hydrogen) atoms. The lowest BCUT2D eigenvalue weighted by molar-refractivity contribution is 1.42. The molecule has 1 heteroatoms. The summed E-state index contributed by atoms with van der Waals surface area (Å²) in [6, 6.07) is 6.55. The molecule has 0 atom stereocenters. The van der Waals surface area contributed by atoms with Crippen molar-refractivity contribution in [2.24, 2.45) is 0 Å². The Bertz CT molecular complexity index is 526. The molecule has 0 aliphatic carbocycles. The highest BCUT2D eigenvalue weighted by Gasteiger charge is 2.07. The standard InChI is InChI=1S/C14H16S/c1-9(2)8-13-11(4)15-14-10(3)6-5-7-12(13)14/h5-8H,1-4H3. The molecule has 2 aromatic rings. The molecule has 0 N–H and O–H groups in total. The topological polar surface area (TPSA) is 0 Å². The monoisotopic (exact) mass is 216 g/mol. The van der Waals surface area contributed by atoms with Crippen LogP contribution < -0.4 is 0 Å². The van der Waals surface area contributed by atoms with Crippen LogP contribution in [0.15, 0.2) is 23.8 Å². The van der Waals surface area contributed by atoms with E-state index in [9.17, 15) is 0 Å². The van der Waals surface area contributed by atoms with Gasteiger partial charge in [0.1, 0.15) is 0 Å². The Labute approximate surface area is 95.3 Å². The highest BCUT2D eigenvalue weighted by molar-refractivity contribution is 7.19. The molecule has 0 saturated heterocycles. The Morgan fingerprint density at radius 2 is 1.93 bits per heavy atom. The van der Waals surface area contributed by atoms with E-state index in [1.165, 1.54) is 31.7 Å². The van der Waals surface area contributed by atoms with Gasteiger partial charge in [0, 0.05) is 15.0 Å². The van der Waals surface area contributed by atoms with Gasteiger partial charge in [0.15, 0.2) is 0 Å². The molecule has 0 nitrogen and oxygen atoms in total. The first kappa shape index (κ1) is 10.4. The highest BCUT2D eigenvalue weighted by Crippen LogP contribution is 2.34. The zero-order valence-electron chi connectivity index (χ0n) is 9.72. The van der Waals surface area contributed by atoms with E-state index >= 15 is 0 Å². The van der Waals surface area contributed by atoms with E-state index in [0.717, 1.165) is 0 Å². The van der Waals surface area contributed by atoms with Crippen LogP contribution in [-0.4, -0.2) is 0 Å². The number of benzene rings is 1. The molecule has 0 aliphatic heterocycles. The summed E-state index contributed by atoms with van der Waals surface area (Å²) in [4.78, 5) is 1.42. The van der Waals surface area contributed by atoms with E-state index in [1.807, 2.05) is 11.3 Å². The third kappa shape index (κ3) is 1.84. The molecule has 0 radical (unpaired) electrons. The van der Waals surface area contributed by atoms with E-state index in [0.29, 0.717) is 0 Å². The smallest absolute Gasteiger partial charge is 0.0380 e. The number of aryl methyl sites for hydroxylation is 2. The summed E-state index contributed by atoms with van der Waals surface area (Å²) >= 11 is 1.90. The van der Waals surface area contributed by atoms with Gasteiger partial charge in [-0.15, -0.1) is 11.3 Å². The first-order valence-electron chi connectivity index (χ1n) is 5.23. The average Bonchev–Trinajstić information content (AvgIpc) is 2.45. The van der Waals surface area contributed by atoms with Crippen molar-refractivity contribution in [1.82, 2.24) is 0 Å². The Morgan fingerprint density at radius 1 is 1.20 bits per heavy atom. The molecule has 0 aliphatic rings. The predicted molar refractivity (Wildman–Crippen MR) is 70.6 cm³/mol. The SMILES string of the molecule is CC(C)=Cc1c(C)sc2c(C)cccc12. The number of hydrogen-bond donors (Lipinski definition) is 0. The van der Waals surface area contributed by atoms with Crippen LogP contribution in [0.2, 0.25) is 0 Å². The molecule has 1 aromatic heterocycles. The van der Waals surface area contributed by atoms with Crippen molar-refractivity contribution in [2.75, 3.05) is 0 Å². The molecule has 1 heterocycles. The minimum Gasteiger partial charge on any atom is -0.140 e. The first-order chi connectivity index (χ1) is 7.09. The summed E-state index contributed by atoms with van der Waals surface area (Å²) in [7, 11) is 0. The third-order valence-corrected chi connectivity index (χ3v) is 3.84. The first-order valence-corrected chi connectivity index (χ1v) is 6.05. The van der Waals surface area contributed by atoms with Gasteiger partial charge in [-0.25, -0.2) is 0 Å². The summed E-state index contributed by atoms with van der Waals surface area (Å²) in [5.41, 5.74) is 4.15. The van der Waals surface area contributed by atoms with Crippen molar-refractivity contribution >= 4 is 27.5 Å². The number of fused-ring (bicyclic) bond motifs is 1. The minimum atomic E-state index is 1.36. The van der Waals surface area contributed by atoms with Crippen LogP contribution in [-0.2, 0) is 0 Å². The predicted octanol–water partition coefficient (Wildman–Crippen LogP) is 4.94. The lowest BCUT2D eigenvalue weighted by Gasteiger charge is -1.97. The van der Waals surface area contributed by atoms with Crippen molar-refractivity contribution in [1.29, 1.82) is 0 Å². The van der Waals surface area contributed by atoms with E-state index in [4.69, 9.17) is 0 Å². The number of rotatable bonds is 1. The van der Waals surface area contributed by atoms with E-state index in [2.05, 4.69) is 52.0 Å². The fourth-order valence-corrected chi connectivity index (χ4v) is 2.97. The molecule has 0 spiro atoms. The zero-order valence-corrected chi connectivity index (χ0v) is 10.5. The molecular formula is C14H16S. The second-order valence-corrected chi connectivity index (χ2v) is 5.47. The van der Waals surface area contributed by atoms with Crippen LogP contribution in [0.3, 0.4) is 0 Å². The van der Waals surface area contributed by atoms with E-state index < -0.39 is 0 Å². The zero-order chi connectivity index (χ0) is 11.0. The molecular weight excluding hydrogens is 200 g/mol. The van der Waals surface area contributed by atoms with Crippen LogP contribution in [0.25, 0.3) is 16.2 Å². The largest absolute Gasteiger partial charge is 0.140 e. The molecule has 0 saturated carbocycles. The van der Waals surface area contributed by atoms with E-state index in [1.54, 1.807) is 0 Å². The summed E-state index contributed by atoms with van der Waals surface area (Å²) in [6.07, 6.45) is 2.29. The van der Waals surface area contributed by atoms with Crippen molar-refractivity contribution in [3.63, 3.8) is 0 Å². The Balaban J connectivity index is 2.80. The average molecular weight is 216 g/mol. The maximum absolute atomic E-state index is 2.29. The van der Waals surface area contributed by atoms with Crippen LogP contribution in [0.5, 0.6) is 0 Å². The van der Waals surface area contributed by atoms with E-state index in [-0.39, 0.29) is 0 Å². The Morgan fingerprint density at radius 3 is 2.60 bits per heavy atom. The van der Waals surface area contributed by atoms with Gasteiger partial charge in [-0.2, -0.15) is 0 Å². The maximum atomic E-state index is 2.29. The third-order valence-electron chi connectivity index (χ3n) is 2.57. The second-order valence-electron chi connectivity index (χ2n) is 4.25. The van der Waals surface area contributed by atoms with Crippen LogP contribution >= 0.6 is 11.3 Å². The number of hydrogen-bond acceptors (Lipinski definition) is 1. The van der Waals surface area contributed by atoms with Gasteiger partial charge in [-0.1, -0.05) is 29.8 Å². The lowest BCUT2D eigenvalue weighted by Crippen LogP contribution is -1.75. The molecule has 1 aromatic carbocycles. The van der Waals surface area contributed by atoms with Crippen molar-refractivity contribution in [3.8, 4) is 0 Å². The van der Waals surface area contributed by atoms with Crippen molar-refractivity contribution < 1.29 is 0 Å². The summed E-state index contributed by atoms with van der Waals surface area (Å²) in [5.74, 6) is 0. The molecule has 0 bridgehead atoms. The van der Waals surface area contributed by atoms with Gasteiger partial charge in [0.2, 0.25) is 0 Å². The Hall–Kier alpha value is -1.08. The van der Waals surface area contributed by atoms with Crippen LogP contribution in [0.4, 0.5) is 0 Å². The number of thiophene rings is 1. The van der Waals surface area contributed by atoms with Gasteiger partial charge in [0.05, 0.1) is 0 Å². The summed E-state index contributed by atoms with van der Waals surface area (Å²) in [6.45, 7) is 8.70. The van der Waals surface area contributed by atoms with Gasteiger partial charge >= 0.3 is 0 Å². The fourth-order valence-electron chi connectivity index (χ4n) is 1.87. The second kappa shape index (κ2) is 3.82. The molecule has 0 fully saturated rings. The molecule has 2 rings (SSSR count). The highest BCUT2D eigenvalue weighted by atomic mass is 32.1. The minimum absolute atomic E-state index is 1.36. The van der Waals surface area contributed by atoms with Crippen molar-refractivity contribution in [2.45, 2.75) is 27.7 Å². The van der Waals surface area contributed by atoms with Gasteiger partial charge < -0.3 is 0 Å². The lowest BCUT2D eigenvalue weighted by atomic mass is 10.1. The van der Waals surface area contributed by atoms with Gasteiger partial charge in [-0.3, -0.25) is 0 Å². The summed E-state index contributed by atoms with van der Waals surface area (Å²) in [5, 5.41) is 1.40. The van der Waals surface area contributed by atoms with Gasteiger partial charge in [0.25, 0.3) is 0 Å².